The molecule has 0 fully saturated rings. The fourth-order valence-corrected chi connectivity index (χ4v) is 2.26. The number of rotatable bonds is 8. The van der Waals surface area contributed by atoms with Gasteiger partial charge >= 0.3 is 5.97 Å². The summed E-state index contributed by atoms with van der Waals surface area (Å²) in [5.41, 5.74) is 1.18. The molecule has 0 atom stereocenters. The van der Waals surface area contributed by atoms with Crippen molar-refractivity contribution in [1.82, 2.24) is 0 Å². The number of halogens is 1. The first kappa shape index (κ1) is 19.2. The lowest BCUT2D eigenvalue weighted by Crippen LogP contribution is -2.21. The van der Waals surface area contributed by atoms with E-state index in [9.17, 15) is 14.0 Å². The molecule has 0 saturated carbocycles. The highest BCUT2D eigenvalue weighted by molar-refractivity contribution is 5.92. The zero-order chi connectivity index (χ0) is 18.9. The summed E-state index contributed by atoms with van der Waals surface area (Å²) < 4.78 is 28.3. The van der Waals surface area contributed by atoms with Gasteiger partial charge in [0.1, 0.15) is 5.82 Å². The molecule has 1 N–H and O–H groups in total. The van der Waals surface area contributed by atoms with Gasteiger partial charge in [-0.15, -0.1) is 0 Å². The second kappa shape index (κ2) is 9.41. The lowest BCUT2D eigenvalue weighted by Gasteiger charge is -2.10. The molecule has 0 aliphatic heterocycles. The minimum absolute atomic E-state index is 0.114. The van der Waals surface area contributed by atoms with E-state index < -0.39 is 24.3 Å². The van der Waals surface area contributed by atoms with E-state index >= 15 is 0 Å². The van der Waals surface area contributed by atoms with Crippen LogP contribution in [-0.2, 0) is 20.7 Å². The molecule has 0 spiro atoms. The molecule has 0 aliphatic rings. The van der Waals surface area contributed by atoms with Crippen LogP contribution in [0.25, 0.3) is 0 Å². The summed E-state index contributed by atoms with van der Waals surface area (Å²) in [5, 5.41) is 2.45. The molecule has 0 bridgehead atoms. The summed E-state index contributed by atoms with van der Waals surface area (Å²) in [7, 11) is 3.08. The Kier molecular flexibility index (Phi) is 6.96. The van der Waals surface area contributed by atoms with E-state index in [-0.39, 0.29) is 6.42 Å². The van der Waals surface area contributed by atoms with Crippen LogP contribution in [0.5, 0.6) is 11.5 Å². The summed E-state index contributed by atoms with van der Waals surface area (Å²) in [5.74, 6) is -0.320. The molecule has 0 radical (unpaired) electrons. The number of carbonyl (C=O) groups excluding carboxylic acids is 2. The van der Waals surface area contributed by atoms with Gasteiger partial charge in [-0.25, -0.2) is 4.39 Å². The van der Waals surface area contributed by atoms with E-state index in [1.54, 1.807) is 25.3 Å². The van der Waals surface area contributed by atoms with Gasteiger partial charge in [0.05, 0.1) is 14.2 Å². The van der Waals surface area contributed by atoms with Gasteiger partial charge in [0.25, 0.3) is 5.91 Å². The number of nitrogens with one attached hydrogen (secondary N) is 1. The maximum absolute atomic E-state index is 13.0. The van der Waals surface area contributed by atoms with Crippen molar-refractivity contribution in [2.45, 2.75) is 12.8 Å². The van der Waals surface area contributed by atoms with Crippen molar-refractivity contribution in [2.24, 2.45) is 0 Å². The van der Waals surface area contributed by atoms with Gasteiger partial charge < -0.3 is 19.5 Å². The molecule has 0 saturated heterocycles. The fraction of sp³-hybridized carbons (Fsp3) is 0.263. The van der Waals surface area contributed by atoms with E-state index in [2.05, 4.69) is 5.32 Å². The first-order valence-corrected chi connectivity index (χ1v) is 7.93. The molecule has 1 amide bonds. The number of aryl methyl sites for hydroxylation is 1. The Labute approximate surface area is 150 Å². The highest BCUT2D eigenvalue weighted by atomic mass is 19.1. The minimum atomic E-state index is -0.532. The normalized spacial score (nSPS) is 10.1. The summed E-state index contributed by atoms with van der Waals surface area (Å²) >= 11 is 0. The number of benzene rings is 2. The number of carbonyl (C=O) groups is 2. The Bertz CT molecular complexity index is 778. The van der Waals surface area contributed by atoms with Crippen LogP contribution in [0.3, 0.4) is 0 Å². The van der Waals surface area contributed by atoms with Crippen LogP contribution in [0.1, 0.15) is 12.0 Å². The molecule has 138 valence electrons. The first-order chi connectivity index (χ1) is 12.5. The van der Waals surface area contributed by atoms with Crippen molar-refractivity contribution in [3.63, 3.8) is 0 Å². The highest BCUT2D eigenvalue weighted by Gasteiger charge is 2.10. The first-order valence-electron chi connectivity index (χ1n) is 7.93. The standard InChI is InChI=1S/C19H20FNO5/c1-24-16-8-6-13(10-17(16)25-2)7-9-19(23)26-12-18(22)21-15-5-3-4-14(20)11-15/h3-6,8,10-11H,7,9,12H2,1-2H3,(H,21,22). The summed E-state index contributed by atoms with van der Waals surface area (Å²) in [6, 6.07) is 10.8. The molecule has 0 aliphatic carbocycles. The van der Waals surface area contributed by atoms with Crippen molar-refractivity contribution >= 4 is 17.6 Å². The number of hydrogen-bond acceptors (Lipinski definition) is 5. The lowest BCUT2D eigenvalue weighted by atomic mass is 10.1. The minimum Gasteiger partial charge on any atom is -0.493 e. The van der Waals surface area contributed by atoms with Crippen molar-refractivity contribution in [3.05, 3.63) is 53.8 Å². The monoisotopic (exact) mass is 361 g/mol. The van der Waals surface area contributed by atoms with Crippen LogP contribution < -0.4 is 14.8 Å². The molecule has 0 unspecified atom stereocenters. The average molecular weight is 361 g/mol. The molecule has 26 heavy (non-hydrogen) atoms. The van der Waals surface area contributed by atoms with Crippen LogP contribution in [0, 0.1) is 5.82 Å². The lowest BCUT2D eigenvalue weighted by molar-refractivity contribution is -0.147. The zero-order valence-electron chi connectivity index (χ0n) is 14.6. The van der Waals surface area contributed by atoms with Gasteiger partial charge in [0.2, 0.25) is 0 Å². The number of anilines is 1. The third-order valence-electron chi connectivity index (χ3n) is 3.54. The highest BCUT2D eigenvalue weighted by Crippen LogP contribution is 2.27. The quantitative estimate of drug-likeness (QED) is 0.732. The van der Waals surface area contributed by atoms with Gasteiger partial charge in [0.15, 0.2) is 18.1 Å². The molecule has 2 aromatic carbocycles. The Morgan fingerprint density at radius 2 is 1.81 bits per heavy atom. The smallest absolute Gasteiger partial charge is 0.306 e. The molecule has 2 rings (SSSR count). The molecule has 0 heterocycles. The Balaban J connectivity index is 1.77. The summed E-state index contributed by atoms with van der Waals surface area (Å²) in [6.07, 6.45) is 0.549. The van der Waals surface area contributed by atoms with Crippen molar-refractivity contribution < 1.29 is 28.2 Å². The van der Waals surface area contributed by atoms with E-state index in [0.29, 0.717) is 23.6 Å². The van der Waals surface area contributed by atoms with Crippen molar-refractivity contribution in [2.75, 3.05) is 26.1 Å². The third kappa shape index (κ3) is 5.77. The van der Waals surface area contributed by atoms with E-state index in [1.165, 1.54) is 25.3 Å². The van der Waals surface area contributed by atoms with Gasteiger partial charge in [-0.1, -0.05) is 12.1 Å². The van der Waals surface area contributed by atoms with E-state index in [1.807, 2.05) is 6.07 Å². The van der Waals surface area contributed by atoms with E-state index in [0.717, 1.165) is 5.56 Å². The van der Waals surface area contributed by atoms with E-state index in [4.69, 9.17) is 14.2 Å². The van der Waals surface area contributed by atoms with Gasteiger partial charge in [-0.2, -0.15) is 0 Å². The average Bonchev–Trinajstić information content (AvgIpc) is 2.64. The van der Waals surface area contributed by atoms with Crippen LogP contribution in [0.15, 0.2) is 42.5 Å². The number of esters is 1. The van der Waals surface area contributed by atoms with Crippen LogP contribution in [0.2, 0.25) is 0 Å². The van der Waals surface area contributed by atoms with Gasteiger partial charge in [-0.05, 0) is 42.3 Å². The molecule has 0 aromatic heterocycles. The van der Waals surface area contributed by atoms with Crippen LogP contribution in [0.4, 0.5) is 10.1 Å². The maximum Gasteiger partial charge on any atom is 0.306 e. The van der Waals surface area contributed by atoms with Gasteiger partial charge in [-0.3, -0.25) is 9.59 Å². The van der Waals surface area contributed by atoms with Crippen LogP contribution >= 0.6 is 0 Å². The summed E-state index contributed by atoms with van der Waals surface area (Å²) in [4.78, 5) is 23.5. The number of methoxy groups -OCH3 is 2. The predicted molar refractivity (Wildman–Crippen MR) is 93.9 cm³/mol. The Hall–Kier alpha value is -3.09. The zero-order valence-corrected chi connectivity index (χ0v) is 14.6. The Morgan fingerprint density at radius 3 is 2.50 bits per heavy atom. The number of amides is 1. The molecular formula is C19H20FNO5. The fourth-order valence-electron chi connectivity index (χ4n) is 2.26. The number of hydrogen-bond donors (Lipinski definition) is 1. The second-order valence-corrected chi connectivity index (χ2v) is 5.41. The SMILES string of the molecule is COc1ccc(CCC(=O)OCC(=O)Nc2cccc(F)c2)cc1OC. The number of ether oxygens (including phenoxy) is 3. The van der Waals surface area contributed by atoms with Crippen LogP contribution in [-0.4, -0.2) is 32.7 Å². The topological polar surface area (TPSA) is 73.9 Å². The Morgan fingerprint density at radius 1 is 1.04 bits per heavy atom. The van der Waals surface area contributed by atoms with Gasteiger partial charge in [0, 0.05) is 12.1 Å². The van der Waals surface area contributed by atoms with Crippen molar-refractivity contribution in [3.8, 4) is 11.5 Å². The third-order valence-corrected chi connectivity index (χ3v) is 3.54. The molecular weight excluding hydrogens is 341 g/mol. The molecule has 2 aromatic rings. The maximum atomic E-state index is 13.0. The molecule has 6 nitrogen and oxygen atoms in total. The predicted octanol–water partition coefficient (Wildman–Crippen LogP) is 2.96. The molecule has 7 heteroatoms. The van der Waals surface area contributed by atoms with Crippen molar-refractivity contribution in [1.29, 1.82) is 0 Å². The largest absolute Gasteiger partial charge is 0.493 e. The summed E-state index contributed by atoms with van der Waals surface area (Å²) in [6.45, 7) is -0.429. The second-order valence-electron chi connectivity index (χ2n) is 5.41.